The maximum absolute atomic E-state index is 6.36. The molecule has 0 atom stereocenters. The van der Waals surface area contributed by atoms with Crippen LogP contribution in [0.15, 0.2) is 0 Å². The fourth-order valence-corrected chi connectivity index (χ4v) is 4.20. The number of hydrogen-bond acceptors (Lipinski definition) is 5. The number of thiazole rings is 1. The molecule has 1 aliphatic carbocycles. The van der Waals surface area contributed by atoms with Crippen molar-refractivity contribution in [1.29, 1.82) is 0 Å². The number of likely N-dealkylation sites (N-methyl/N-ethyl adjacent to an activating group) is 1. The van der Waals surface area contributed by atoms with E-state index in [4.69, 9.17) is 10.7 Å². The van der Waals surface area contributed by atoms with Crippen LogP contribution in [0, 0.1) is 0 Å². The first-order valence-corrected chi connectivity index (χ1v) is 9.02. The largest absolute Gasteiger partial charge is 0.321 e. The molecule has 118 valence electrons. The van der Waals surface area contributed by atoms with Crippen LogP contribution in [-0.4, -0.2) is 47.5 Å². The van der Waals surface area contributed by atoms with Gasteiger partial charge in [-0.15, -0.1) is 11.3 Å². The van der Waals surface area contributed by atoms with Crippen molar-refractivity contribution < 1.29 is 0 Å². The average molecular weight is 308 g/mol. The molecule has 0 spiro atoms. The Morgan fingerprint density at radius 1 is 1.19 bits per heavy atom. The van der Waals surface area contributed by atoms with Crippen LogP contribution in [0.5, 0.6) is 0 Å². The van der Waals surface area contributed by atoms with Crippen LogP contribution < -0.4 is 5.73 Å². The van der Waals surface area contributed by atoms with Gasteiger partial charge in [-0.1, -0.05) is 6.92 Å². The van der Waals surface area contributed by atoms with E-state index < -0.39 is 0 Å². The third-order valence-corrected chi connectivity index (χ3v) is 5.91. The van der Waals surface area contributed by atoms with Crippen LogP contribution in [0.3, 0.4) is 0 Å². The minimum absolute atomic E-state index is 0.255. The Hall–Kier alpha value is -0.490. The smallest absolute Gasteiger partial charge is 0.107 e. The highest BCUT2D eigenvalue weighted by Crippen LogP contribution is 2.45. The SMILES string of the molecule is CCN1CCN(Cc2nc(C3CC3)c(C(C)(C)N)s2)CC1. The van der Waals surface area contributed by atoms with Gasteiger partial charge < -0.3 is 10.6 Å². The minimum atomic E-state index is -0.255. The summed E-state index contributed by atoms with van der Waals surface area (Å²) in [5.41, 5.74) is 7.40. The van der Waals surface area contributed by atoms with Crippen LogP contribution in [0.2, 0.25) is 0 Å². The number of hydrogen-bond donors (Lipinski definition) is 1. The highest BCUT2D eigenvalue weighted by atomic mass is 32.1. The fraction of sp³-hybridized carbons (Fsp3) is 0.812. The van der Waals surface area contributed by atoms with Gasteiger partial charge in [-0.3, -0.25) is 4.90 Å². The summed E-state index contributed by atoms with van der Waals surface area (Å²) in [7, 11) is 0. The fourth-order valence-electron chi connectivity index (χ4n) is 3.00. The first kappa shape index (κ1) is 15.4. The summed E-state index contributed by atoms with van der Waals surface area (Å²) in [5, 5.41) is 1.26. The first-order valence-electron chi connectivity index (χ1n) is 8.21. The molecule has 0 radical (unpaired) electrons. The van der Waals surface area contributed by atoms with Crippen molar-refractivity contribution in [2.45, 2.75) is 51.6 Å². The second-order valence-electron chi connectivity index (χ2n) is 7.03. The van der Waals surface area contributed by atoms with E-state index in [1.807, 2.05) is 11.3 Å². The van der Waals surface area contributed by atoms with Crippen molar-refractivity contribution >= 4 is 11.3 Å². The lowest BCUT2D eigenvalue weighted by Gasteiger charge is -2.33. The Morgan fingerprint density at radius 2 is 1.81 bits per heavy atom. The van der Waals surface area contributed by atoms with Gasteiger partial charge >= 0.3 is 0 Å². The highest BCUT2D eigenvalue weighted by Gasteiger charge is 2.34. The summed E-state index contributed by atoms with van der Waals surface area (Å²) in [6.45, 7) is 13.3. The molecule has 1 aliphatic heterocycles. The molecule has 0 amide bonds. The standard InChI is InChI=1S/C16H28N4S/c1-4-19-7-9-20(10-8-19)11-13-18-14(12-5-6-12)15(21-13)16(2,3)17/h12H,4-11,17H2,1-3H3. The molecule has 5 heteroatoms. The lowest BCUT2D eigenvalue weighted by molar-refractivity contribution is 0.132. The van der Waals surface area contributed by atoms with Crippen molar-refractivity contribution in [2.24, 2.45) is 5.73 Å². The maximum Gasteiger partial charge on any atom is 0.107 e. The van der Waals surface area contributed by atoms with Gasteiger partial charge in [0.15, 0.2) is 0 Å². The Labute approximate surface area is 132 Å². The zero-order valence-corrected chi connectivity index (χ0v) is 14.4. The minimum Gasteiger partial charge on any atom is -0.321 e. The number of nitrogens with two attached hydrogens (primary N) is 1. The number of rotatable bonds is 5. The lowest BCUT2D eigenvalue weighted by atomic mass is 10.0. The van der Waals surface area contributed by atoms with E-state index in [1.165, 1.54) is 48.1 Å². The van der Waals surface area contributed by atoms with E-state index in [0.717, 1.165) is 19.6 Å². The van der Waals surface area contributed by atoms with Gasteiger partial charge in [0.2, 0.25) is 0 Å². The van der Waals surface area contributed by atoms with E-state index in [-0.39, 0.29) is 5.54 Å². The van der Waals surface area contributed by atoms with Gasteiger partial charge in [-0.2, -0.15) is 0 Å². The predicted octanol–water partition coefficient (Wildman–Crippen LogP) is 2.35. The molecule has 2 aliphatic rings. The number of aromatic nitrogens is 1. The van der Waals surface area contributed by atoms with Crippen LogP contribution in [0.1, 0.15) is 55.1 Å². The molecule has 2 fully saturated rings. The zero-order valence-electron chi connectivity index (χ0n) is 13.6. The third-order valence-electron chi connectivity index (χ3n) is 4.52. The molecule has 0 bridgehead atoms. The number of piperazine rings is 1. The molecule has 1 saturated carbocycles. The van der Waals surface area contributed by atoms with Crippen molar-refractivity contribution in [3.63, 3.8) is 0 Å². The van der Waals surface area contributed by atoms with Crippen LogP contribution >= 0.6 is 11.3 Å². The van der Waals surface area contributed by atoms with E-state index in [1.54, 1.807) is 0 Å². The van der Waals surface area contributed by atoms with Gasteiger partial charge in [0.25, 0.3) is 0 Å². The summed E-state index contributed by atoms with van der Waals surface area (Å²) < 4.78 is 0. The van der Waals surface area contributed by atoms with Gasteiger partial charge in [0.1, 0.15) is 5.01 Å². The first-order chi connectivity index (χ1) is 9.97. The maximum atomic E-state index is 6.36. The molecule has 2 N–H and O–H groups in total. The monoisotopic (exact) mass is 308 g/mol. The molecule has 0 unspecified atom stereocenters. The Morgan fingerprint density at radius 3 is 2.33 bits per heavy atom. The Kier molecular flexibility index (Phi) is 4.37. The van der Waals surface area contributed by atoms with Gasteiger partial charge in [0, 0.05) is 42.5 Å². The molecule has 21 heavy (non-hydrogen) atoms. The highest BCUT2D eigenvalue weighted by molar-refractivity contribution is 7.11. The van der Waals surface area contributed by atoms with Crippen LogP contribution in [-0.2, 0) is 12.1 Å². The van der Waals surface area contributed by atoms with Crippen LogP contribution in [0.4, 0.5) is 0 Å². The molecule has 0 aromatic carbocycles. The molecule has 3 rings (SSSR count). The van der Waals surface area contributed by atoms with Gasteiger partial charge in [-0.05, 0) is 33.2 Å². The predicted molar refractivity (Wildman–Crippen MR) is 88.7 cm³/mol. The second-order valence-corrected chi connectivity index (χ2v) is 8.11. The summed E-state index contributed by atoms with van der Waals surface area (Å²) in [6.07, 6.45) is 2.59. The van der Waals surface area contributed by atoms with Gasteiger partial charge in [0.05, 0.1) is 12.2 Å². The quantitative estimate of drug-likeness (QED) is 0.907. The summed E-state index contributed by atoms with van der Waals surface area (Å²) in [4.78, 5) is 11.3. The molecule has 1 aromatic rings. The molecule has 2 heterocycles. The molecule has 4 nitrogen and oxygen atoms in total. The van der Waals surface area contributed by atoms with E-state index in [2.05, 4.69) is 30.6 Å². The van der Waals surface area contributed by atoms with E-state index >= 15 is 0 Å². The van der Waals surface area contributed by atoms with Crippen molar-refractivity contribution in [3.05, 3.63) is 15.6 Å². The lowest BCUT2D eigenvalue weighted by Crippen LogP contribution is -2.45. The Bertz CT molecular complexity index is 479. The molecule has 1 saturated heterocycles. The van der Waals surface area contributed by atoms with Crippen molar-refractivity contribution in [2.75, 3.05) is 32.7 Å². The Balaban J connectivity index is 1.69. The van der Waals surface area contributed by atoms with Gasteiger partial charge in [-0.25, -0.2) is 4.98 Å². The van der Waals surface area contributed by atoms with Crippen LogP contribution in [0.25, 0.3) is 0 Å². The normalized spacial score (nSPS) is 21.9. The summed E-state index contributed by atoms with van der Waals surface area (Å²) in [5.74, 6) is 0.685. The molecular weight excluding hydrogens is 280 g/mol. The third kappa shape index (κ3) is 3.65. The van der Waals surface area contributed by atoms with Crippen molar-refractivity contribution in [1.82, 2.24) is 14.8 Å². The zero-order chi connectivity index (χ0) is 15.0. The molecule has 1 aromatic heterocycles. The van der Waals surface area contributed by atoms with E-state index in [0.29, 0.717) is 5.92 Å². The molecular formula is C16H28N4S. The van der Waals surface area contributed by atoms with Crippen molar-refractivity contribution in [3.8, 4) is 0 Å². The summed E-state index contributed by atoms with van der Waals surface area (Å²) >= 11 is 1.84. The number of nitrogens with zero attached hydrogens (tertiary/aromatic N) is 3. The average Bonchev–Trinajstić information content (AvgIpc) is 3.20. The van der Waals surface area contributed by atoms with E-state index in [9.17, 15) is 0 Å². The topological polar surface area (TPSA) is 45.4 Å². The second kappa shape index (κ2) is 5.95. The summed E-state index contributed by atoms with van der Waals surface area (Å²) in [6, 6.07) is 0.